The van der Waals surface area contributed by atoms with Gasteiger partial charge in [-0.1, -0.05) is 55.7 Å². The van der Waals surface area contributed by atoms with Gasteiger partial charge in [0.25, 0.3) is 0 Å². The van der Waals surface area contributed by atoms with Gasteiger partial charge in [-0.2, -0.15) is 9.57 Å². The smallest absolute Gasteiger partial charge is 0.249 e. The molecule has 0 N–H and O–H groups in total. The summed E-state index contributed by atoms with van der Waals surface area (Å²) in [6.45, 7) is -0.506. The van der Waals surface area contributed by atoms with Gasteiger partial charge < -0.3 is 9.64 Å². The number of aromatic nitrogens is 1. The molecule has 1 atom stereocenters. The second-order valence-electron chi connectivity index (χ2n) is 12.2. The minimum atomic E-state index is -5.38. The fraction of sp³-hybridized carbons (Fsp3) is 0.306. The van der Waals surface area contributed by atoms with Crippen LogP contribution in [0.25, 0.3) is 0 Å². The van der Waals surface area contributed by atoms with E-state index in [2.05, 4.69) is 4.98 Å². The van der Waals surface area contributed by atoms with Crippen molar-refractivity contribution < 1.29 is 39.9 Å². The summed E-state index contributed by atoms with van der Waals surface area (Å²) in [7, 11) is -5.38. The number of anilines is 1. The number of carbonyl (C=O) groups excluding carboxylic acids is 1. The van der Waals surface area contributed by atoms with Gasteiger partial charge in [-0.25, -0.2) is 30.4 Å². The molecular formula is C36H31F5N4O4S. The van der Waals surface area contributed by atoms with E-state index in [1.54, 1.807) is 12.3 Å². The molecule has 1 saturated carbocycles. The summed E-state index contributed by atoms with van der Waals surface area (Å²) in [5, 5.41) is 9.76. The van der Waals surface area contributed by atoms with Crippen molar-refractivity contribution in [2.45, 2.75) is 68.5 Å². The van der Waals surface area contributed by atoms with E-state index in [9.17, 15) is 40.4 Å². The number of halogens is 5. The molecule has 1 aliphatic carbocycles. The number of hydrogen-bond acceptors (Lipinski definition) is 6. The highest BCUT2D eigenvalue weighted by molar-refractivity contribution is 7.89. The van der Waals surface area contributed by atoms with Crippen LogP contribution in [0.5, 0.6) is 5.75 Å². The Balaban J connectivity index is 1.34. The van der Waals surface area contributed by atoms with E-state index in [1.807, 2.05) is 42.5 Å². The van der Waals surface area contributed by atoms with Crippen LogP contribution in [-0.4, -0.2) is 36.2 Å². The molecule has 1 amide bonds. The van der Waals surface area contributed by atoms with E-state index in [4.69, 9.17) is 4.74 Å². The van der Waals surface area contributed by atoms with Gasteiger partial charge in [-0.15, -0.1) is 0 Å². The number of sulfonamides is 1. The van der Waals surface area contributed by atoms with Gasteiger partial charge in [-0.3, -0.25) is 9.78 Å². The highest BCUT2D eigenvalue weighted by atomic mass is 32.2. The standard InChI is InChI=1S/C36H31F5N4O4S/c37-30-31(38)33(40)35(34(41)32(30)39)50(47,48)45-16-15-28(45)36(46)44(20-26-13-11-25(19-43-26)23-9-5-2-6-10-23)27-14-12-24(18-42)29(17-27)49-21-22-7-3-1-4-8-22/h1,3-4,7-8,11-14,17,19,23,28H,2,5-6,9-10,15-16,20-21H2. The van der Waals surface area contributed by atoms with Crippen LogP contribution in [0.2, 0.25) is 0 Å². The summed E-state index contributed by atoms with van der Waals surface area (Å²) in [6, 6.07) is 17.6. The third kappa shape index (κ3) is 6.80. The molecule has 1 aromatic heterocycles. The van der Waals surface area contributed by atoms with Crippen molar-refractivity contribution in [3.05, 3.63) is 118 Å². The van der Waals surface area contributed by atoms with Crippen LogP contribution in [0.1, 0.15) is 66.8 Å². The zero-order valence-electron chi connectivity index (χ0n) is 26.6. The number of benzene rings is 3. The molecular weight excluding hydrogens is 679 g/mol. The van der Waals surface area contributed by atoms with Gasteiger partial charge in [0.1, 0.15) is 24.5 Å². The number of nitriles is 1. The normalized spacial score (nSPS) is 16.8. The Morgan fingerprint density at radius 2 is 1.58 bits per heavy atom. The molecule has 1 aliphatic heterocycles. The third-order valence-electron chi connectivity index (χ3n) is 9.14. The first-order chi connectivity index (χ1) is 24.0. The minimum Gasteiger partial charge on any atom is -0.487 e. The van der Waals surface area contributed by atoms with E-state index < -0.39 is 62.5 Å². The van der Waals surface area contributed by atoms with E-state index in [0.717, 1.165) is 36.8 Å². The average Bonchev–Trinajstić information content (AvgIpc) is 3.11. The van der Waals surface area contributed by atoms with E-state index in [-0.39, 0.29) is 36.6 Å². The molecule has 2 aliphatic rings. The first kappa shape index (κ1) is 35.0. The first-order valence-corrected chi connectivity index (χ1v) is 17.5. The molecule has 0 radical (unpaired) electrons. The second-order valence-corrected chi connectivity index (χ2v) is 14.1. The van der Waals surface area contributed by atoms with Gasteiger partial charge in [0.2, 0.25) is 21.7 Å². The molecule has 3 aromatic carbocycles. The lowest BCUT2D eigenvalue weighted by atomic mass is 9.85. The van der Waals surface area contributed by atoms with E-state index in [0.29, 0.717) is 15.9 Å². The minimum absolute atomic E-state index is 0.0909. The van der Waals surface area contributed by atoms with Crippen LogP contribution in [-0.2, 0) is 28.0 Å². The lowest BCUT2D eigenvalue weighted by molar-refractivity contribution is -0.125. The van der Waals surface area contributed by atoms with Gasteiger partial charge in [0.15, 0.2) is 28.2 Å². The van der Waals surface area contributed by atoms with Crippen molar-refractivity contribution in [1.29, 1.82) is 5.26 Å². The topological polar surface area (TPSA) is 104 Å². The molecule has 0 spiro atoms. The zero-order valence-corrected chi connectivity index (χ0v) is 27.4. The van der Waals surface area contributed by atoms with Crippen molar-refractivity contribution in [2.75, 3.05) is 11.4 Å². The predicted molar refractivity (Wildman–Crippen MR) is 172 cm³/mol. The molecule has 8 nitrogen and oxygen atoms in total. The van der Waals surface area contributed by atoms with Gasteiger partial charge >= 0.3 is 0 Å². The maximum atomic E-state index is 14.7. The Morgan fingerprint density at radius 3 is 2.18 bits per heavy atom. The first-order valence-electron chi connectivity index (χ1n) is 16.0. The van der Waals surface area contributed by atoms with Crippen molar-refractivity contribution >= 4 is 21.6 Å². The molecule has 1 saturated heterocycles. The SMILES string of the molecule is N#Cc1ccc(N(Cc2ccc(C3CCCCC3)cn2)C(=O)C2CCN2S(=O)(=O)c2c(F)c(F)c(F)c(F)c2F)cc1OCc1ccccc1. The highest BCUT2D eigenvalue weighted by Crippen LogP contribution is 2.36. The third-order valence-corrected chi connectivity index (χ3v) is 11.1. The summed E-state index contributed by atoms with van der Waals surface area (Å²) in [6.07, 6.45) is 7.13. The maximum Gasteiger partial charge on any atom is 0.249 e. The maximum absolute atomic E-state index is 14.7. The number of hydrogen-bond donors (Lipinski definition) is 0. The summed E-state index contributed by atoms with van der Waals surface area (Å²) in [5.41, 5.74) is 2.64. The fourth-order valence-corrected chi connectivity index (χ4v) is 8.04. The number of pyridine rings is 1. The van der Waals surface area contributed by atoms with Crippen molar-refractivity contribution in [3.63, 3.8) is 0 Å². The van der Waals surface area contributed by atoms with Crippen molar-refractivity contribution in [1.82, 2.24) is 9.29 Å². The van der Waals surface area contributed by atoms with Crippen molar-refractivity contribution in [2.24, 2.45) is 0 Å². The van der Waals surface area contributed by atoms with Crippen LogP contribution >= 0.6 is 0 Å². The number of carbonyl (C=O) groups is 1. The lowest BCUT2D eigenvalue weighted by Gasteiger charge is -2.41. The van der Waals surface area contributed by atoms with E-state index >= 15 is 0 Å². The summed E-state index contributed by atoms with van der Waals surface area (Å²) < 4.78 is 104. The fourth-order valence-electron chi connectivity index (χ4n) is 6.30. The quantitative estimate of drug-likeness (QED) is 0.0975. The van der Waals surface area contributed by atoms with Gasteiger partial charge in [0.05, 0.1) is 17.8 Å². The number of nitrogens with zero attached hydrogens (tertiary/aromatic N) is 4. The largest absolute Gasteiger partial charge is 0.487 e. The Morgan fingerprint density at radius 1 is 0.900 bits per heavy atom. The van der Waals surface area contributed by atoms with Crippen LogP contribution in [0.4, 0.5) is 27.6 Å². The summed E-state index contributed by atoms with van der Waals surface area (Å²) >= 11 is 0. The van der Waals surface area contributed by atoms with Crippen LogP contribution < -0.4 is 9.64 Å². The number of ether oxygens (including phenoxy) is 1. The zero-order chi connectivity index (χ0) is 35.6. The van der Waals surface area contributed by atoms with Crippen LogP contribution in [0, 0.1) is 40.4 Å². The van der Waals surface area contributed by atoms with Crippen molar-refractivity contribution in [3.8, 4) is 11.8 Å². The highest BCUT2D eigenvalue weighted by Gasteiger charge is 2.48. The number of amides is 1. The number of rotatable bonds is 10. The second kappa shape index (κ2) is 14.5. The summed E-state index contributed by atoms with van der Waals surface area (Å²) in [4.78, 5) is 18.0. The molecule has 1 unspecified atom stereocenters. The Labute approximate surface area is 285 Å². The molecule has 2 heterocycles. The van der Waals surface area contributed by atoms with Crippen LogP contribution in [0.3, 0.4) is 0 Å². The van der Waals surface area contributed by atoms with Crippen LogP contribution in [0.15, 0.2) is 71.8 Å². The average molecular weight is 711 g/mol. The molecule has 14 heteroatoms. The molecule has 50 heavy (non-hydrogen) atoms. The van der Waals surface area contributed by atoms with Gasteiger partial charge in [-0.05, 0) is 54.5 Å². The van der Waals surface area contributed by atoms with Gasteiger partial charge in [0, 0.05) is 24.5 Å². The Hall–Kier alpha value is -4.87. The molecule has 260 valence electrons. The van der Waals surface area contributed by atoms with E-state index in [1.165, 1.54) is 29.5 Å². The Bertz CT molecular complexity index is 2020. The molecule has 6 rings (SSSR count). The summed E-state index contributed by atoms with van der Waals surface area (Å²) in [5.74, 6) is -12.7. The molecule has 4 aromatic rings. The predicted octanol–water partition coefficient (Wildman–Crippen LogP) is 7.27. The Kier molecular flexibility index (Phi) is 10.2. The lowest BCUT2D eigenvalue weighted by Crippen LogP contribution is -2.59. The monoisotopic (exact) mass is 710 g/mol. The molecule has 2 fully saturated rings. The molecule has 0 bridgehead atoms.